The number of para-hydroxylation sites is 1. The van der Waals surface area contributed by atoms with Gasteiger partial charge in [-0.3, -0.25) is 4.79 Å². The van der Waals surface area contributed by atoms with E-state index in [0.29, 0.717) is 17.2 Å². The van der Waals surface area contributed by atoms with Crippen LogP contribution in [0, 0.1) is 11.6 Å². The van der Waals surface area contributed by atoms with Crippen LogP contribution in [0.5, 0.6) is 0 Å². The fraction of sp³-hybridized carbons (Fsp3) is 0.0455. The summed E-state index contributed by atoms with van der Waals surface area (Å²) in [6.45, 7) is 0. The van der Waals surface area contributed by atoms with Gasteiger partial charge in [0.2, 0.25) is 5.43 Å². The van der Waals surface area contributed by atoms with Gasteiger partial charge in [0.1, 0.15) is 23.0 Å². The molecule has 0 bridgehead atoms. The molecular weight excluding hydrogens is 398 g/mol. The molecular formula is C22H14F2O4S. The van der Waals surface area contributed by atoms with Gasteiger partial charge < -0.3 is 4.42 Å². The standard InChI is InChI=1S/C22H14F2O4S/c1-29(26,27)17-8-6-13(7-9-17)22-20(14-10-15(23)12-16(24)11-14)21(25)18-4-2-3-5-19(18)28-22/h2-12H,1H3. The number of sulfone groups is 1. The van der Waals surface area contributed by atoms with Gasteiger partial charge in [0.05, 0.1) is 15.8 Å². The highest BCUT2D eigenvalue weighted by molar-refractivity contribution is 7.90. The second-order valence-corrected chi connectivity index (χ2v) is 8.60. The van der Waals surface area contributed by atoms with E-state index in [9.17, 15) is 22.0 Å². The maximum atomic E-state index is 13.8. The second kappa shape index (κ2) is 6.93. The zero-order valence-corrected chi connectivity index (χ0v) is 16.0. The van der Waals surface area contributed by atoms with Crippen LogP contribution in [0.15, 0.2) is 80.8 Å². The molecule has 0 aliphatic rings. The predicted molar refractivity (Wildman–Crippen MR) is 106 cm³/mol. The highest BCUT2D eigenvalue weighted by Crippen LogP contribution is 2.33. The molecule has 1 heterocycles. The van der Waals surface area contributed by atoms with E-state index in [4.69, 9.17) is 4.42 Å². The molecule has 3 aromatic carbocycles. The highest BCUT2D eigenvalue weighted by Gasteiger charge is 2.19. The number of fused-ring (bicyclic) bond motifs is 1. The third kappa shape index (κ3) is 3.56. The van der Waals surface area contributed by atoms with Crippen LogP contribution in [0.4, 0.5) is 8.78 Å². The lowest BCUT2D eigenvalue weighted by Crippen LogP contribution is -2.08. The summed E-state index contributed by atoms with van der Waals surface area (Å²) in [5.74, 6) is -1.56. The third-order valence-electron chi connectivity index (χ3n) is 4.49. The summed E-state index contributed by atoms with van der Waals surface area (Å²) >= 11 is 0. The van der Waals surface area contributed by atoms with Crippen molar-refractivity contribution in [3.8, 4) is 22.5 Å². The first-order chi connectivity index (χ1) is 13.7. The van der Waals surface area contributed by atoms with Gasteiger partial charge in [0.15, 0.2) is 9.84 Å². The summed E-state index contributed by atoms with van der Waals surface area (Å²) in [5.41, 5.74) is 0.290. The summed E-state index contributed by atoms with van der Waals surface area (Å²) in [6, 6.07) is 15.1. The van der Waals surface area contributed by atoms with E-state index in [1.165, 1.54) is 24.3 Å². The van der Waals surface area contributed by atoms with Gasteiger partial charge >= 0.3 is 0 Å². The Kier molecular flexibility index (Phi) is 4.55. The minimum Gasteiger partial charge on any atom is -0.455 e. The molecule has 0 amide bonds. The van der Waals surface area contributed by atoms with Crippen LogP contribution in [-0.4, -0.2) is 14.7 Å². The van der Waals surface area contributed by atoms with Crippen molar-refractivity contribution in [2.75, 3.05) is 6.26 Å². The molecule has 4 nitrogen and oxygen atoms in total. The minimum atomic E-state index is -3.41. The molecule has 0 radical (unpaired) electrons. The Balaban J connectivity index is 2.06. The molecule has 0 fully saturated rings. The molecule has 0 N–H and O–H groups in total. The van der Waals surface area contributed by atoms with E-state index in [-0.39, 0.29) is 27.2 Å². The van der Waals surface area contributed by atoms with E-state index in [2.05, 4.69) is 0 Å². The summed E-state index contributed by atoms with van der Waals surface area (Å²) in [6.07, 6.45) is 1.08. The Morgan fingerprint density at radius 2 is 1.45 bits per heavy atom. The number of rotatable bonds is 3. The molecule has 0 saturated carbocycles. The second-order valence-electron chi connectivity index (χ2n) is 6.59. The predicted octanol–water partition coefficient (Wildman–Crippen LogP) is 4.81. The molecule has 0 aliphatic heterocycles. The van der Waals surface area contributed by atoms with Crippen molar-refractivity contribution in [1.82, 2.24) is 0 Å². The van der Waals surface area contributed by atoms with Crippen LogP contribution >= 0.6 is 0 Å². The van der Waals surface area contributed by atoms with E-state index < -0.39 is 26.9 Å². The van der Waals surface area contributed by atoms with Gasteiger partial charge in [-0.05, 0) is 54.1 Å². The van der Waals surface area contributed by atoms with Crippen molar-refractivity contribution in [3.05, 3.63) is 88.6 Å². The van der Waals surface area contributed by atoms with Crippen LogP contribution in [0.2, 0.25) is 0 Å². The highest BCUT2D eigenvalue weighted by atomic mass is 32.2. The smallest absolute Gasteiger partial charge is 0.201 e. The van der Waals surface area contributed by atoms with Gasteiger partial charge in [-0.1, -0.05) is 12.1 Å². The Labute approximate surface area is 165 Å². The van der Waals surface area contributed by atoms with Crippen molar-refractivity contribution < 1.29 is 21.6 Å². The molecule has 0 spiro atoms. The number of hydrogen-bond acceptors (Lipinski definition) is 4. The molecule has 4 rings (SSSR count). The summed E-state index contributed by atoms with van der Waals surface area (Å²) in [4.78, 5) is 13.3. The molecule has 7 heteroatoms. The summed E-state index contributed by atoms with van der Waals surface area (Å²) in [7, 11) is -3.41. The van der Waals surface area contributed by atoms with Crippen LogP contribution in [-0.2, 0) is 9.84 Å². The normalized spacial score (nSPS) is 11.7. The zero-order chi connectivity index (χ0) is 20.8. The van der Waals surface area contributed by atoms with Crippen LogP contribution in [0.3, 0.4) is 0 Å². The van der Waals surface area contributed by atoms with Crippen molar-refractivity contribution in [2.24, 2.45) is 0 Å². The van der Waals surface area contributed by atoms with Crippen molar-refractivity contribution in [3.63, 3.8) is 0 Å². The van der Waals surface area contributed by atoms with Crippen molar-refractivity contribution in [2.45, 2.75) is 4.90 Å². The molecule has 4 aromatic rings. The average Bonchev–Trinajstić information content (AvgIpc) is 2.66. The van der Waals surface area contributed by atoms with Gasteiger partial charge in [0.25, 0.3) is 0 Å². The largest absolute Gasteiger partial charge is 0.455 e. The zero-order valence-electron chi connectivity index (χ0n) is 15.1. The summed E-state index contributed by atoms with van der Waals surface area (Å²) in [5, 5.41) is 0.267. The molecule has 0 aliphatic carbocycles. The lowest BCUT2D eigenvalue weighted by molar-refractivity contribution is 0.583. The molecule has 0 saturated heterocycles. The Morgan fingerprint density at radius 3 is 2.07 bits per heavy atom. The van der Waals surface area contributed by atoms with Crippen molar-refractivity contribution in [1.29, 1.82) is 0 Å². The first-order valence-electron chi connectivity index (χ1n) is 8.57. The fourth-order valence-corrected chi connectivity index (χ4v) is 3.79. The van der Waals surface area contributed by atoms with Crippen LogP contribution < -0.4 is 5.43 Å². The number of hydrogen-bond donors (Lipinski definition) is 0. The fourth-order valence-electron chi connectivity index (χ4n) is 3.16. The van der Waals surface area contributed by atoms with E-state index >= 15 is 0 Å². The third-order valence-corrected chi connectivity index (χ3v) is 5.62. The maximum absolute atomic E-state index is 13.8. The lowest BCUT2D eigenvalue weighted by atomic mass is 9.98. The number of halogens is 2. The lowest BCUT2D eigenvalue weighted by Gasteiger charge is -2.11. The van der Waals surface area contributed by atoms with Crippen LogP contribution in [0.25, 0.3) is 33.4 Å². The SMILES string of the molecule is CS(=O)(=O)c1ccc(-c2oc3ccccc3c(=O)c2-c2cc(F)cc(F)c2)cc1. The first kappa shape index (κ1) is 19.0. The van der Waals surface area contributed by atoms with E-state index in [0.717, 1.165) is 18.4 Å². The van der Waals surface area contributed by atoms with Crippen molar-refractivity contribution >= 4 is 20.8 Å². The Hall–Kier alpha value is -3.32. The molecule has 146 valence electrons. The molecule has 0 unspecified atom stereocenters. The molecule has 1 aromatic heterocycles. The minimum absolute atomic E-state index is 0.00537. The quantitative estimate of drug-likeness (QED) is 0.485. The summed E-state index contributed by atoms with van der Waals surface area (Å²) < 4.78 is 57.0. The maximum Gasteiger partial charge on any atom is 0.201 e. The van der Waals surface area contributed by atoms with E-state index in [1.54, 1.807) is 24.3 Å². The van der Waals surface area contributed by atoms with Gasteiger partial charge in [-0.2, -0.15) is 0 Å². The van der Waals surface area contributed by atoms with Gasteiger partial charge in [-0.25, -0.2) is 17.2 Å². The first-order valence-corrected chi connectivity index (χ1v) is 10.5. The van der Waals surface area contributed by atoms with Gasteiger partial charge in [0, 0.05) is 17.9 Å². The average molecular weight is 412 g/mol. The molecule has 29 heavy (non-hydrogen) atoms. The Bertz CT molecular complexity index is 1390. The van der Waals surface area contributed by atoms with Crippen LogP contribution in [0.1, 0.15) is 0 Å². The van der Waals surface area contributed by atoms with E-state index in [1.807, 2.05) is 0 Å². The Morgan fingerprint density at radius 1 is 0.828 bits per heavy atom. The monoisotopic (exact) mass is 412 g/mol. The number of benzene rings is 3. The topological polar surface area (TPSA) is 64.3 Å². The molecule has 0 atom stereocenters. The van der Waals surface area contributed by atoms with Gasteiger partial charge in [-0.15, -0.1) is 0 Å².